The van der Waals surface area contributed by atoms with E-state index in [2.05, 4.69) is 37.3 Å². The second-order valence-corrected chi connectivity index (χ2v) is 8.19. The van der Waals surface area contributed by atoms with Crippen LogP contribution in [0.3, 0.4) is 0 Å². The Labute approximate surface area is 195 Å². The van der Waals surface area contributed by atoms with Gasteiger partial charge in [-0.3, -0.25) is 9.36 Å². The van der Waals surface area contributed by atoms with Crippen LogP contribution >= 0.6 is 0 Å². The van der Waals surface area contributed by atoms with Gasteiger partial charge in [0.2, 0.25) is 0 Å². The monoisotopic (exact) mass is 456 g/mol. The number of anilines is 2. The molecule has 0 radical (unpaired) electrons. The number of nitrogens with two attached hydrogens (primary N) is 1. The fourth-order valence-corrected chi connectivity index (χ4v) is 4.06. The van der Waals surface area contributed by atoms with E-state index in [0.29, 0.717) is 45.9 Å². The molecule has 3 N–H and O–H groups in total. The molecule has 4 aromatic rings. The van der Waals surface area contributed by atoms with Gasteiger partial charge < -0.3 is 15.6 Å². The van der Waals surface area contributed by atoms with Crippen molar-refractivity contribution in [2.75, 3.05) is 11.1 Å². The maximum Gasteiger partial charge on any atom is 0.265 e. The van der Waals surface area contributed by atoms with Crippen molar-refractivity contribution in [1.29, 1.82) is 0 Å². The molecule has 172 valence electrons. The Bertz CT molecular complexity index is 1510. The van der Waals surface area contributed by atoms with Crippen LogP contribution in [0.25, 0.3) is 22.4 Å². The standard InChI is InChI=1S/C24H24N8O2/c1-4-7-14-8-6-9-17-18(14)24(33)32(15-10-11-15)22(30-17)16(5-2)29-21-19(20(25)26-12-27-21)23-28-13(3)31-34-23/h6,8-9,12,15-16H,5,10-11H2,1-3H3,(H3,25,26,27,29). The smallest absolute Gasteiger partial charge is 0.265 e. The lowest BCUT2D eigenvalue weighted by Crippen LogP contribution is -2.29. The quantitative estimate of drug-likeness (QED) is 0.418. The van der Waals surface area contributed by atoms with Gasteiger partial charge in [-0.1, -0.05) is 24.1 Å². The molecule has 1 atom stereocenters. The molecule has 34 heavy (non-hydrogen) atoms. The summed E-state index contributed by atoms with van der Waals surface area (Å²) in [5.41, 5.74) is 7.80. The van der Waals surface area contributed by atoms with Gasteiger partial charge in [0.25, 0.3) is 11.4 Å². The lowest BCUT2D eigenvalue weighted by Gasteiger charge is -2.23. The van der Waals surface area contributed by atoms with Crippen LogP contribution in [0.1, 0.15) is 62.4 Å². The molecule has 1 fully saturated rings. The summed E-state index contributed by atoms with van der Waals surface area (Å²) in [6.07, 6.45) is 3.89. The number of benzene rings is 1. The van der Waals surface area contributed by atoms with Crippen LogP contribution in [0.15, 0.2) is 33.8 Å². The van der Waals surface area contributed by atoms with Crippen molar-refractivity contribution in [1.82, 2.24) is 29.7 Å². The second kappa shape index (κ2) is 8.59. The maximum absolute atomic E-state index is 13.7. The fourth-order valence-electron chi connectivity index (χ4n) is 4.06. The molecule has 1 aromatic carbocycles. The van der Waals surface area contributed by atoms with Crippen LogP contribution in [-0.2, 0) is 0 Å². The number of hydrogen-bond donors (Lipinski definition) is 2. The predicted octanol–water partition coefficient (Wildman–Crippen LogP) is 3.40. The average Bonchev–Trinajstić information content (AvgIpc) is 3.57. The van der Waals surface area contributed by atoms with E-state index in [1.807, 2.05) is 29.7 Å². The minimum atomic E-state index is -0.323. The van der Waals surface area contributed by atoms with Crippen LogP contribution in [-0.4, -0.2) is 29.7 Å². The number of aromatic nitrogens is 6. The molecular formula is C24H24N8O2. The largest absolute Gasteiger partial charge is 0.383 e. The normalized spacial score (nSPS) is 14.0. The highest BCUT2D eigenvalue weighted by Crippen LogP contribution is 2.38. The van der Waals surface area contributed by atoms with Gasteiger partial charge in [-0.05, 0) is 45.2 Å². The molecule has 3 aromatic heterocycles. The molecule has 0 saturated heterocycles. The molecule has 0 bridgehead atoms. The maximum atomic E-state index is 13.7. The molecule has 3 heterocycles. The van der Waals surface area contributed by atoms with Crippen molar-refractivity contribution in [2.24, 2.45) is 0 Å². The molecular weight excluding hydrogens is 432 g/mol. The Morgan fingerprint density at radius 2 is 2.12 bits per heavy atom. The Morgan fingerprint density at radius 3 is 2.79 bits per heavy atom. The van der Waals surface area contributed by atoms with Crippen LogP contribution < -0.4 is 16.6 Å². The first-order chi connectivity index (χ1) is 16.5. The Hall–Kier alpha value is -4.26. The number of fused-ring (bicyclic) bond motifs is 1. The predicted molar refractivity (Wildman–Crippen MR) is 128 cm³/mol. The van der Waals surface area contributed by atoms with Crippen molar-refractivity contribution >= 4 is 22.5 Å². The summed E-state index contributed by atoms with van der Waals surface area (Å²) in [6.45, 7) is 5.50. The SMILES string of the molecule is CC#Cc1cccc2nc(C(CC)Nc3ncnc(N)c3-c3nc(C)no3)n(C3CC3)c(=O)c12. The molecule has 1 unspecified atom stereocenters. The van der Waals surface area contributed by atoms with Crippen LogP contribution in [0.2, 0.25) is 0 Å². The number of nitrogens with zero attached hydrogens (tertiary/aromatic N) is 6. The lowest BCUT2D eigenvalue weighted by molar-refractivity contribution is 0.425. The van der Waals surface area contributed by atoms with E-state index in [1.54, 1.807) is 13.8 Å². The summed E-state index contributed by atoms with van der Waals surface area (Å²) in [6, 6.07) is 5.37. The summed E-state index contributed by atoms with van der Waals surface area (Å²) in [4.78, 5) is 31.4. The van der Waals surface area contributed by atoms with E-state index >= 15 is 0 Å². The van der Waals surface area contributed by atoms with Crippen molar-refractivity contribution in [3.8, 4) is 23.3 Å². The van der Waals surface area contributed by atoms with E-state index < -0.39 is 0 Å². The topological polar surface area (TPSA) is 138 Å². The molecule has 10 heteroatoms. The van der Waals surface area contributed by atoms with E-state index in [1.165, 1.54) is 6.33 Å². The number of rotatable bonds is 6. The number of nitrogen functional groups attached to an aromatic ring is 1. The Balaban J connectivity index is 1.66. The molecule has 1 saturated carbocycles. The summed E-state index contributed by atoms with van der Waals surface area (Å²) < 4.78 is 7.14. The Morgan fingerprint density at radius 1 is 1.29 bits per heavy atom. The second-order valence-electron chi connectivity index (χ2n) is 8.19. The van der Waals surface area contributed by atoms with E-state index in [-0.39, 0.29) is 29.4 Å². The van der Waals surface area contributed by atoms with E-state index in [0.717, 1.165) is 12.8 Å². The van der Waals surface area contributed by atoms with Crippen LogP contribution in [0, 0.1) is 18.8 Å². The number of nitrogens with one attached hydrogen (secondary N) is 1. The zero-order valence-corrected chi connectivity index (χ0v) is 19.2. The van der Waals surface area contributed by atoms with Gasteiger partial charge in [0.15, 0.2) is 5.82 Å². The van der Waals surface area contributed by atoms with Gasteiger partial charge >= 0.3 is 0 Å². The van der Waals surface area contributed by atoms with Crippen molar-refractivity contribution in [3.63, 3.8) is 0 Å². The third kappa shape index (κ3) is 3.75. The number of aryl methyl sites for hydroxylation is 1. The average molecular weight is 457 g/mol. The van der Waals surface area contributed by atoms with Gasteiger partial charge in [0.1, 0.15) is 29.4 Å². The molecule has 0 spiro atoms. The van der Waals surface area contributed by atoms with Gasteiger partial charge in [-0.2, -0.15) is 4.98 Å². The lowest BCUT2D eigenvalue weighted by atomic mass is 10.1. The molecule has 0 amide bonds. The highest BCUT2D eigenvalue weighted by molar-refractivity contribution is 5.84. The minimum absolute atomic E-state index is 0.0731. The van der Waals surface area contributed by atoms with E-state index in [4.69, 9.17) is 15.2 Å². The fraction of sp³-hybridized carbons (Fsp3) is 0.333. The van der Waals surface area contributed by atoms with E-state index in [9.17, 15) is 4.79 Å². The molecule has 1 aliphatic carbocycles. The number of hydrogen-bond acceptors (Lipinski definition) is 9. The van der Waals surface area contributed by atoms with Crippen LogP contribution in [0.5, 0.6) is 0 Å². The van der Waals surface area contributed by atoms with Crippen molar-refractivity contribution < 1.29 is 4.52 Å². The van der Waals surface area contributed by atoms with Gasteiger partial charge in [-0.25, -0.2) is 15.0 Å². The van der Waals surface area contributed by atoms with Crippen molar-refractivity contribution in [2.45, 2.75) is 52.1 Å². The Kier molecular flexibility index (Phi) is 5.45. The van der Waals surface area contributed by atoms with Crippen molar-refractivity contribution in [3.05, 3.63) is 52.1 Å². The first-order valence-corrected chi connectivity index (χ1v) is 11.2. The molecule has 0 aliphatic heterocycles. The summed E-state index contributed by atoms with van der Waals surface area (Å²) >= 11 is 0. The molecule has 10 nitrogen and oxygen atoms in total. The minimum Gasteiger partial charge on any atom is -0.383 e. The zero-order valence-electron chi connectivity index (χ0n) is 19.2. The summed E-state index contributed by atoms with van der Waals surface area (Å²) in [5, 5.41) is 7.81. The van der Waals surface area contributed by atoms with Gasteiger partial charge in [0, 0.05) is 11.6 Å². The third-order valence-corrected chi connectivity index (χ3v) is 5.78. The molecule has 1 aliphatic rings. The highest BCUT2D eigenvalue weighted by Gasteiger charge is 2.32. The first-order valence-electron chi connectivity index (χ1n) is 11.2. The summed E-state index contributed by atoms with van der Waals surface area (Å²) in [5.74, 6) is 7.93. The van der Waals surface area contributed by atoms with Crippen LogP contribution in [0.4, 0.5) is 11.6 Å². The summed E-state index contributed by atoms with van der Waals surface area (Å²) in [7, 11) is 0. The highest BCUT2D eigenvalue weighted by atomic mass is 16.5. The first kappa shape index (κ1) is 21.6. The van der Waals surface area contributed by atoms with Gasteiger partial charge in [0.05, 0.1) is 16.9 Å². The molecule has 5 rings (SSSR count). The third-order valence-electron chi connectivity index (χ3n) is 5.78. The van der Waals surface area contributed by atoms with Gasteiger partial charge in [-0.15, -0.1) is 5.92 Å². The zero-order chi connectivity index (χ0) is 23.8.